The number of nitrogens with zero attached hydrogens (tertiary/aromatic N) is 2. The highest BCUT2D eigenvalue weighted by Crippen LogP contribution is 2.31. The second kappa shape index (κ2) is 10.9. The van der Waals surface area contributed by atoms with Crippen molar-refractivity contribution in [1.29, 1.82) is 0 Å². The number of furan rings is 1. The van der Waals surface area contributed by atoms with E-state index >= 15 is 0 Å². The quantitative estimate of drug-likeness (QED) is 0.104. The number of para-hydroxylation sites is 1. The van der Waals surface area contributed by atoms with Crippen molar-refractivity contribution in [2.45, 2.75) is 6.54 Å². The number of benzene rings is 4. The van der Waals surface area contributed by atoms with Gasteiger partial charge in [-0.2, -0.15) is 0 Å². The van der Waals surface area contributed by atoms with Crippen LogP contribution in [0, 0.1) is 10.1 Å². The molecule has 1 heterocycles. The molecule has 5 rings (SSSR count). The van der Waals surface area contributed by atoms with E-state index in [2.05, 4.69) is 15.9 Å². The van der Waals surface area contributed by atoms with Gasteiger partial charge in [0.2, 0.25) is 0 Å². The maximum atomic E-state index is 13.1. The Bertz CT molecular complexity index is 1580. The number of ether oxygens (including phenoxy) is 1. The molecule has 0 aliphatic carbocycles. The topological polar surface area (TPSA) is 85.8 Å². The fourth-order valence-corrected chi connectivity index (χ4v) is 4.66. The van der Waals surface area contributed by atoms with Crippen LogP contribution in [0.5, 0.6) is 5.75 Å². The van der Waals surface area contributed by atoms with E-state index in [1.165, 1.54) is 12.1 Å². The number of hydrogen-bond donors (Lipinski definition) is 0. The Morgan fingerprint density at radius 2 is 1.68 bits per heavy atom. The van der Waals surface area contributed by atoms with E-state index in [1.54, 1.807) is 6.07 Å². The second-order valence-electron chi connectivity index (χ2n) is 8.65. The summed E-state index contributed by atoms with van der Waals surface area (Å²) in [6.45, 7) is 1.47. The number of carbonyl (C=O) groups excluding carboxylic acids is 1. The second-order valence-corrected chi connectivity index (χ2v) is 9.50. The number of nitro groups is 1. The molecule has 0 amide bonds. The van der Waals surface area contributed by atoms with Crippen molar-refractivity contribution in [1.82, 2.24) is 4.90 Å². The summed E-state index contributed by atoms with van der Waals surface area (Å²) in [6, 6.07) is 28.0. The van der Waals surface area contributed by atoms with Gasteiger partial charge >= 0.3 is 0 Å². The Balaban J connectivity index is 1.29. The molecule has 8 heteroatoms. The van der Waals surface area contributed by atoms with Crippen LogP contribution in [0.2, 0.25) is 0 Å². The highest BCUT2D eigenvalue weighted by Gasteiger charge is 2.19. The molecule has 0 radical (unpaired) electrons. The van der Waals surface area contributed by atoms with Gasteiger partial charge in [-0.1, -0.05) is 48.5 Å². The minimum atomic E-state index is -0.505. The largest absolute Gasteiger partial charge is 0.492 e. The molecular weight excluding hydrogens is 536 g/mol. The summed E-state index contributed by atoms with van der Waals surface area (Å²) in [5.74, 6) is 0.483. The number of halogens is 1. The summed E-state index contributed by atoms with van der Waals surface area (Å²) in [6.07, 6.45) is 0. The maximum Gasteiger partial charge on any atom is 0.284 e. The SMILES string of the molecule is O=C(CN(CCOc1ccc2c(c1)oc1ccccc12)Cc1ccccc1)c1ccc(Br)c([N+](=O)[O-])c1. The van der Waals surface area contributed by atoms with Crippen molar-refractivity contribution in [2.24, 2.45) is 0 Å². The molecule has 0 saturated heterocycles. The molecule has 0 fully saturated rings. The maximum absolute atomic E-state index is 13.1. The lowest BCUT2D eigenvalue weighted by atomic mass is 10.1. The predicted octanol–water partition coefficient (Wildman–Crippen LogP) is 7.02. The molecule has 37 heavy (non-hydrogen) atoms. The summed E-state index contributed by atoms with van der Waals surface area (Å²) >= 11 is 3.17. The van der Waals surface area contributed by atoms with Gasteiger partial charge in [0.15, 0.2) is 5.78 Å². The third-order valence-electron chi connectivity index (χ3n) is 6.11. The number of Topliss-reactive ketones (excluding diaryl/α,β-unsaturated/α-hetero) is 1. The highest BCUT2D eigenvalue weighted by atomic mass is 79.9. The van der Waals surface area contributed by atoms with E-state index in [0.29, 0.717) is 35.5 Å². The Labute approximate surface area is 221 Å². The van der Waals surface area contributed by atoms with Gasteiger partial charge in [0.1, 0.15) is 23.5 Å². The van der Waals surface area contributed by atoms with Crippen molar-refractivity contribution < 1.29 is 18.9 Å². The third kappa shape index (κ3) is 5.71. The first-order valence-electron chi connectivity index (χ1n) is 11.8. The van der Waals surface area contributed by atoms with Gasteiger partial charge in [0.05, 0.1) is 15.9 Å². The van der Waals surface area contributed by atoms with Crippen LogP contribution in [-0.2, 0) is 6.54 Å². The molecule has 0 saturated carbocycles. The summed E-state index contributed by atoms with van der Waals surface area (Å²) < 4.78 is 12.3. The minimum absolute atomic E-state index is 0.0969. The Hall–Kier alpha value is -4.01. The van der Waals surface area contributed by atoms with Crippen molar-refractivity contribution >= 4 is 49.3 Å². The van der Waals surface area contributed by atoms with Gasteiger partial charge in [-0.25, -0.2) is 0 Å². The Morgan fingerprint density at radius 1 is 0.919 bits per heavy atom. The fourth-order valence-electron chi connectivity index (χ4n) is 4.26. The molecule has 1 aromatic heterocycles. The molecule has 0 spiro atoms. The molecule has 0 aliphatic heterocycles. The van der Waals surface area contributed by atoms with Crippen molar-refractivity contribution in [3.05, 3.63) is 117 Å². The number of hydrogen-bond acceptors (Lipinski definition) is 6. The smallest absolute Gasteiger partial charge is 0.284 e. The average molecular weight is 559 g/mol. The highest BCUT2D eigenvalue weighted by molar-refractivity contribution is 9.10. The molecule has 0 bridgehead atoms. The normalized spacial score (nSPS) is 11.3. The number of nitro benzene ring substituents is 1. The fraction of sp³-hybridized carbons (Fsp3) is 0.138. The molecule has 7 nitrogen and oxygen atoms in total. The summed E-state index contributed by atoms with van der Waals surface area (Å²) in [5, 5.41) is 13.4. The average Bonchev–Trinajstić information content (AvgIpc) is 3.27. The van der Waals surface area contributed by atoms with E-state index in [-0.39, 0.29) is 18.0 Å². The van der Waals surface area contributed by atoms with Gasteiger partial charge in [-0.15, -0.1) is 0 Å². The van der Waals surface area contributed by atoms with E-state index in [0.717, 1.165) is 27.5 Å². The van der Waals surface area contributed by atoms with Crippen LogP contribution in [0.25, 0.3) is 21.9 Å². The van der Waals surface area contributed by atoms with Gasteiger partial charge in [-0.3, -0.25) is 19.8 Å². The van der Waals surface area contributed by atoms with Crippen LogP contribution in [0.4, 0.5) is 5.69 Å². The molecule has 0 N–H and O–H groups in total. The van der Waals surface area contributed by atoms with Crippen molar-refractivity contribution in [3.8, 4) is 5.75 Å². The van der Waals surface area contributed by atoms with E-state index in [4.69, 9.17) is 9.15 Å². The lowest BCUT2D eigenvalue weighted by Gasteiger charge is -2.22. The molecule has 0 unspecified atom stereocenters. The Morgan fingerprint density at radius 3 is 2.49 bits per heavy atom. The van der Waals surface area contributed by atoms with E-state index < -0.39 is 4.92 Å². The number of rotatable bonds is 10. The first kappa shape index (κ1) is 24.7. The minimum Gasteiger partial charge on any atom is -0.492 e. The van der Waals surface area contributed by atoms with Gasteiger partial charge in [-0.05, 0) is 51.8 Å². The molecule has 4 aromatic carbocycles. The first-order valence-corrected chi connectivity index (χ1v) is 12.5. The monoisotopic (exact) mass is 558 g/mol. The molecule has 0 atom stereocenters. The zero-order valence-corrected chi connectivity index (χ0v) is 21.4. The number of carbonyl (C=O) groups is 1. The molecule has 0 aliphatic rings. The van der Waals surface area contributed by atoms with Gasteiger partial charge in [0.25, 0.3) is 5.69 Å². The molecule has 186 valence electrons. The Kier molecular flexibility index (Phi) is 7.30. The van der Waals surface area contributed by atoms with Crippen LogP contribution in [0.1, 0.15) is 15.9 Å². The lowest BCUT2D eigenvalue weighted by Crippen LogP contribution is -2.33. The standard InChI is InChI=1S/C29H23BrN2O5/c30-25-13-10-21(16-26(25)32(34)35)27(33)19-31(18-20-6-2-1-3-7-20)14-15-36-22-11-12-24-23-8-4-5-9-28(23)37-29(24)17-22/h1-13,16-17H,14-15,18-19H2. The predicted molar refractivity (Wildman–Crippen MR) is 146 cm³/mol. The zero-order chi connectivity index (χ0) is 25.8. The van der Waals surface area contributed by atoms with E-state index in [9.17, 15) is 14.9 Å². The van der Waals surface area contributed by atoms with Crippen molar-refractivity contribution in [2.75, 3.05) is 19.7 Å². The van der Waals surface area contributed by atoms with Crippen LogP contribution < -0.4 is 4.74 Å². The van der Waals surface area contributed by atoms with Crippen LogP contribution >= 0.6 is 15.9 Å². The van der Waals surface area contributed by atoms with Crippen molar-refractivity contribution in [3.63, 3.8) is 0 Å². The summed E-state index contributed by atoms with van der Waals surface area (Å²) in [5.41, 5.74) is 2.80. The zero-order valence-electron chi connectivity index (χ0n) is 19.8. The third-order valence-corrected chi connectivity index (χ3v) is 6.78. The first-order chi connectivity index (χ1) is 18.0. The van der Waals surface area contributed by atoms with Gasteiger partial charge in [0, 0.05) is 41.6 Å². The number of ketones is 1. The van der Waals surface area contributed by atoms with Crippen LogP contribution in [0.3, 0.4) is 0 Å². The molecular formula is C29H23BrN2O5. The summed E-state index contributed by atoms with van der Waals surface area (Å²) in [4.78, 5) is 25.8. The summed E-state index contributed by atoms with van der Waals surface area (Å²) in [7, 11) is 0. The lowest BCUT2D eigenvalue weighted by molar-refractivity contribution is -0.385. The van der Waals surface area contributed by atoms with Crippen LogP contribution in [0.15, 0.2) is 99.9 Å². The van der Waals surface area contributed by atoms with Crippen LogP contribution in [-0.4, -0.2) is 35.3 Å². The molecule has 5 aromatic rings. The van der Waals surface area contributed by atoms with Gasteiger partial charge < -0.3 is 9.15 Å². The number of fused-ring (bicyclic) bond motifs is 3. The van der Waals surface area contributed by atoms with E-state index in [1.807, 2.05) is 77.7 Å².